The standard InChI is InChI=1S/C15H21N3O4/c1-9-6-7-17(8-13(9)19)15(20)16-14-10(2)4-5-12(11(14)3)18(21)22/h4-5,9,13,19H,6-8H2,1-3H3,(H,16,20). The number of rotatable bonds is 2. The Hall–Kier alpha value is -2.15. The summed E-state index contributed by atoms with van der Waals surface area (Å²) in [5.41, 5.74) is 1.65. The van der Waals surface area contributed by atoms with Crippen LogP contribution in [0.4, 0.5) is 16.2 Å². The van der Waals surface area contributed by atoms with Crippen LogP contribution < -0.4 is 5.32 Å². The predicted octanol–water partition coefficient (Wildman–Crippen LogP) is 2.45. The molecule has 0 aromatic heterocycles. The highest BCUT2D eigenvalue weighted by Gasteiger charge is 2.28. The molecule has 1 fully saturated rings. The number of anilines is 1. The fourth-order valence-corrected chi connectivity index (χ4v) is 2.65. The quantitative estimate of drug-likeness (QED) is 0.648. The number of piperidine rings is 1. The maximum Gasteiger partial charge on any atom is 0.321 e. The third-order valence-corrected chi connectivity index (χ3v) is 4.28. The Balaban J connectivity index is 2.18. The van der Waals surface area contributed by atoms with Crippen LogP contribution in [0.5, 0.6) is 0 Å². The lowest BCUT2D eigenvalue weighted by Crippen LogP contribution is -2.47. The van der Waals surface area contributed by atoms with Crippen LogP contribution in [0.2, 0.25) is 0 Å². The van der Waals surface area contributed by atoms with Crippen LogP contribution in [0.25, 0.3) is 0 Å². The van der Waals surface area contributed by atoms with Crippen molar-refractivity contribution in [2.45, 2.75) is 33.3 Å². The number of urea groups is 1. The summed E-state index contributed by atoms with van der Waals surface area (Å²) < 4.78 is 0. The number of benzene rings is 1. The molecule has 1 aromatic rings. The smallest absolute Gasteiger partial charge is 0.321 e. The van der Waals surface area contributed by atoms with E-state index in [4.69, 9.17) is 0 Å². The highest BCUT2D eigenvalue weighted by atomic mass is 16.6. The second-order valence-corrected chi connectivity index (χ2v) is 5.87. The van der Waals surface area contributed by atoms with Crippen molar-refractivity contribution in [3.8, 4) is 0 Å². The van der Waals surface area contributed by atoms with E-state index in [2.05, 4.69) is 5.32 Å². The van der Waals surface area contributed by atoms with E-state index in [-0.39, 0.29) is 24.2 Å². The van der Waals surface area contributed by atoms with Gasteiger partial charge in [-0.3, -0.25) is 10.1 Å². The number of aliphatic hydroxyl groups is 1. The molecule has 1 heterocycles. The average molecular weight is 307 g/mol. The molecule has 0 bridgehead atoms. The number of β-amino-alcohol motifs (C(OH)–C–C–N with tert-alkyl or cyclic N) is 1. The Morgan fingerprint density at radius 3 is 2.73 bits per heavy atom. The van der Waals surface area contributed by atoms with Gasteiger partial charge in [0.05, 0.1) is 22.3 Å². The number of nitrogens with zero attached hydrogens (tertiary/aromatic N) is 2. The van der Waals surface area contributed by atoms with Crippen molar-refractivity contribution in [2.24, 2.45) is 5.92 Å². The van der Waals surface area contributed by atoms with Gasteiger partial charge in [0.25, 0.3) is 5.69 Å². The van der Waals surface area contributed by atoms with Crippen molar-refractivity contribution in [1.82, 2.24) is 4.90 Å². The molecule has 22 heavy (non-hydrogen) atoms. The van der Waals surface area contributed by atoms with Gasteiger partial charge in [-0.25, -0.2) is 4.79 Å². The van der Waals surface area contributed by atoms with E-state index in [0.717, 1.165) is 12.0 Å². The number of carbonyl (C=O) groups is 1. The molecule has 2 rings (SSSR count). The van der Waals surface area contributed by atoms with Crippen LogP contribution in [0.15, 0.2) is 12.1 Å². The monoisotopic (exact) mass is 307 g/mol. The molecule has 1 aliphatic heterocycles. The van der Waals surface area contributed by atoms with Crippen LogP contribution in [0, 0.1) is 29.9 Å². The van der Waals surface area contributed by atoms with Gasteiger partial charge in [-0.15, -0.1) is 0 Å². The summed E-state index contributed by atoms with van der Waals surface area (Å²) in [4.78, 5) is 24.4. The minimum absolute atomic E-state index is 0.0202. The van der Waals surface area contributed by atoms with Crippen LogP contribution >= 0.6 is 0 Å². The molecule has 2 unspecified atom stereocenters. The second-order valence-electron chi connectivity index (χ2n) is 5.87. The van der Waals surface area contributed by atoms with Crippen LogP contribution in [-0.4, -0.2) is 40.2 Å². The number of likely N-dealkylation sites (tertiary alicyclic amines) is 1. The van der Waals surface area contributed by atoms with Gasteiger partial charge in [-0.1, -0.05) is 13.0 Å². The molecule has 0 aliphatic carbocycles. The van der Waals surface area contributed by atoms with Crippen LogP contribution in [0.3, 0.4) is 0 Å². The SMILES string of the molecule is Cc1ccc([N+](=O)[O-])c(C)c1NC(=O)N1CCC(C)C(O)C1. The molecule has 7 nitrogen and oxygen atoms in total. The van der Waals surface area contributed by atoms with Crippen molar-refractivity contribution in [3.05, 3.63) is 33.4 Å². The molecule has 1 aromatic carbocycles. The number of aliphatic hydroxyl groups excluding tert-OH is 1. The molecule has 1 aliphatic rings. The first-order chi connectivity index (χ1) is 10.3. The number of aryl methyl sites for hydroxylation is 1. The van der Waals surface area contributed by atoms with E-state index in [0.29, 0.717) is 17.8 Å². The van der Waals surface area contributed by atoms with Gasteiger partial charge in [0.15, 0.2) is 0 Å². The first kappa shape index (κ1) is 16.2. The largest absolute Gasteiger partial charge is 0.391 e. The number of amides is 2. The van der Waals surface area contributed by atoms with Crippen molar-refractivity contribution >= 4 is 17.4 Å². The van der Waals surface area contributed by atoms with Gasteiger partial charge in [0, 0.05) is 19.2 Å². The van der Waals surface area contributed by atoms with Gasteiger partial charge in [-0.2, -0.15) is 0 Å². The van der Waals surface area contributed by atoms with Crippen molar-refractivity contribution in [2.75, 3.05) is 18.4 Å². The van der Waals surface area contributed by atoms with Crippen LogP contribution in [0.1, 0.15) is 24.5 Å². The first-order valence-electron chi connectivity index (χ1n) is 7.30. The lowest BCUT2D eigenvalue weighted by atomic mass is 9.96. The molecule has 0 spiro atoms. The van der Waals surface area contributed by atoms with Gasteiger partial charge in [0.2, 0.25) is 0 Å². The molecule has 2 N–H and O–H groups in total. The van der Waals surface area contributed by atoms with Gasteiger partial charge < -0.3 is 15.3 Å². The maximum atomic E-state index is 12.3. The summed E-state index contributed by atoms with van der Waals surface area (Å²) >= 11 is 0. The van der Waals surface area contributed by atoms with Gasteiger partial charge in [0.1, 0.15) is 0 Å². The molecular weight excluding hydrogens is 286 g/mol. The Labute approximate surface area is 129 Å². The Bertz CT molecular complexity index is 603. The summed E-state index contributed by atoms with van der Waals surface area (Å²) in [6, 6.07) is 2.72. The zero-order valence-electron chi connectivity index (χ0n) is 13.0. The third kappa shape index (κ3) is 3.19. The molecule has 2 atom stereocenters. The highest BCUT2D eigenvalue weighted by molar-refractivity contribution is 5.92. The summed E-state index contributed by atoms with van der Waals surface area (Å²) in [5, 5.41) is 23.6. The Morgan fingerprint density at radius 2 is 2.14 bits per heavy atom. The second kappa shape index (κ2) is 6.31. The fraction of sp³-hybridized carbons (Fsp3) is 0.533. The minimum Gasteiger partial charge on any atom is -0.391 e. The molecule has 120 valence electrons. The van der Waals surface area contributed by atoms with E-state index < -0.39 is 11.0 Å². The van der Waals surface area contributed by atoms with Crippen LogP contribution in [-0.2, 0) is 0 Å². The number of hydrogen-bond acceptors (Lipinski definition) is 4. The molecule has 1 saturated heterocycles. The van der Waals surface area contributed by atoms with E-state index in [1.807, 2.05) is 6.92 Å². The molecular formula is C15H21N3O4. The zero-order chi connectivity index (χ0) is 16.4. The van der Waals surface area contributed by atoms with E-state index in [1.165, 1.54) is 6.07 Å². The average Bonchev–Trinajstić information content (AvgIpc) is 2.45. The van der Waals surface area contributed by atoms with Crippen molar-refractivity contribution < 1.29 is 14.8 Å². The Morgan fingerprint density at radius 1 is 1.45 bits per heavy atom. The third-order valence-electron chi connectivity index (χ3n) is 4.28. The fourth-order valence-electron chi connectivity index (χ4n) is 2.65. The normalized spacial score (nSPS) is 21.5. The van der Waals surface area contributed by atoms with E-state index >= 15 is 0 Å². The number of nitrogens with one attached hydrogen (secondary N) is 1. The molecule has 0 saturated carbocycles. The number of carbonyl (C=O) groups excluding carboxylic acids is 1. The Kier molecular flexibility index (Phi) is 4.65. The van der Waals surface area contributed by atoms with Gasteiger partial charge >= 0.3 is 6.03 Å². The first-order valence-corrected chi connectivity index (χ1v) is 7.30. The highest BCUT2D eigenvalue weighted by Crippen LogP contribution is 2.29. The summed E-state index contributed by atoms with van der Waals surface area (Å²) in [6.45, 7) is 6.21. The van der Waals surface area contributed by atoms with Crippen molar-refractivity contribution in [1.29, 1.82) is 0 Å². The molecule has 0 radical (unpaired) electrons. The lowest BCUT2D eigenvalue weighted by Gasteiger charge is -2.34. The van der Waals surface area contributed by atoms with E-state index in [9.17, 15) is 20.0 Å². The topological polar surface area (TPSA) is 95.7 Å². The minimum atomic E-state index is -0.535. The summed E-state index contributed by atoms with van der Waals surface area (Å²) in [7, 11) is 0. The summed E-state index contributed by atoms with van der Waals surface area (Å²) in [6.07, 6.45) is 0.202. The molecule has 2 amide bonds. The lowest BCUT2D eigenvalue weighted by molar-refractivity contribution is -0.385. The number of nitro benzene ring substituents is 1. The predicted molar refractivity (Wildman–Crippen MR) is 82.9 cm³/mol. The van der Waals surface area contributed by atoms with Crippen molar-refractivity contribution in [3.63, 3.8) is 0 Å². The van der Waals surface area contributed by atoms with E-state index in [1.54, 1.807) is 24.8 Å². The maximum absolute atomic E-state index is 12.3. The zero-order valence-corrected chi connectivity index (χ0v) is 13.0. The van der Waals surface area contributed by atoms with Gasteiger partial charge in [-0.05, 0) is 31.7 Å². The molecule has 7 heteroatoms. The number of nitro groups is 1. The number of hydrogen-bond donors (Lipinski definition) is 2. The summed E-state index contributed by atoms with van der Waals surface area (Å²) in [5.74, 6) is 0.172.